The molecule has 1 aliphatic rings. The van der Waals surface area contributed by atoms with Crippen LogP contribution >= 0.6 is 0 Å². The molecule has 1 aromatic carbocycles. The lowest BCUT2D eigenvalue weighted by Gasteiger charge is -2.32. The summed E-state index contributed by atoms with van der Waals surface area (Å²) in [7, 11) is -2.41. The van der Waals surface area contributed by atoms with Gasteiger partial charge >= 0.3 is 6.18 Å². The summed E-state index contributed by atoms with van der Waals surface area (Å²) in [6, 6.07) is 3.26. The number of nitrogens with zero attached hydrogens (tertiary/aromatic N) is 1. The highest BCUT2D eigenvalue weighted by molar-refractivity contribution is 7.89. The number of rotatable bonds is 3. The lowest BCUT2D eigenvalue weighted by atomic mass is 9.93. The quantitative estimate of drug-likeness (QED) is 0.922. The second-order valence-electron chi connectivity index (χ2n) is 5.51. The summed E-state index contributed by atoms with van der Waals surface area (Å²) in [6.45, 7) is 0. The van der Waals surface area contributed by atoms with E-state index in [1.54, 1.807) is 0 Å². The largest absolute Gasteiger partial charge is 0.416 e. The van der Waals surface area contributed by atoms with E-state index >= 15 is 0 Å². The second-order valence-corrected chi connectivity index (χ2v) is 7.50. The zero-order valence-corrected chi connectivity index (χ0v) is 12.9. The molecule has 0 aromatic heterocycles. The maximum atomic E-state index is 12.5. The summed E-state index contributed by atoms with van der Waals surface area (Å²) in [5.74, 6) is 0. The molecule has 0 atom stereocenters. The molecule has 0 heterocycles. The fourth-order valence-corrected chi connectivity index (χ4v) is 4.02. The first-order valence-electron chi connectivity index (χ1n) is 6.95. The van der Waals surface area contributed by atoms with Crippen LogP contribution in [-0.2, 0) is 16.2 Å². The van der Waals surface area contributed by atoms with E-state index in [1.807, 2.05) is 0 Å². The summed E-state index contributed by atoms with van der Waals surface area (Å²) in [5.41, 5.74) is -0.880. The molecule has 1 aromatic rings. The topological polar surface area (TPSA) is 57.6 Å². The lowest BCUT2D eigenvalue weighted by molar-refractivity contribution is -0.137. The Morgan fingerprint density at radius 3 is 2.05 bits per heavy atom. The standard InChI is InChI=1S/C14H18F3NO3S/c1-18(11-4-6-12(19)7-5-11)22(20,21)13-8-2-10(3-9-13)14(15,16)17/h2-3,8-9,11-12,19H,4-7H2,1H3. The number of sulfonamides is 1. The van der Waals surface area contributed by atoms with E-state index in [4.69, 9.17) is 0 Å². The van der Waals surface area contributed by atoms with Gasteiger partial charge < -0.3 is 5.11 Å². The van der Waals surface area contributed by atoms with Crippen molar-refractivity contribution in [1.82, 2.24) is 4.31 Å². The molecule has 1 fully saturated rings. The van der Waals surface area contributed by atoms with Gasteiger partial charge in [-0.3, -0.25) is 0 Å². The van der Waals surface area contributed by atoms with Gasteiger partial charge in [0.25, 0.3) is 0 Å². The Bertz CT molecular complexity index is 605. The molecule has 8 heteroatoms. The van der Waals surface area contributed by atoms with Crippen molar-refractivity contribution in [2.45, 2.75) is 48.9 Å². The maximum Gasteiger partial charge on any atom is 0.416 e. The molecule has 2 rings (SSSR count). The molecular formula is C14H18F3NO3S. The Morgan fingerprint density at radius 2 is 1.59 bits per heavy atom. The number of aliphatic hydroxyl groups excluding tert-OH is 1. The van der Waals surface area contributed by atoms with E-state index in [0.717, 1.165) is 24.3 Å². The molecule has 1 saturated carbocycles. The number of hydrogen-bond acceptors (Lipinski definition) is 3. The van der Waals surface area contributed by atoms with Crippen molar-refractivity contribution < 1.29 is 26.7 Å². The van der Waals surface area contributed by atoms with E-state index in [1.165, 1.54) is 11.4 Å². The third-order valence-corrected chi connectivity index (χ3v) is 5.96. The number of hydrogen-bond donors (Lipinski definition) is 1. The van der Waals surface area contributed by atoms with Gasteiger partial charge in [0, 0.05) is 13.1 Å². The molecule has 4 nitrogen and oxygen atoms in total. The van der Waals surface area contributed by atoms with E-state index in [9.17, 15) is 26.7 Å². The highest BCUT2D eigenvalue weighted by Gasteiger charge is 2.33. The third-order valence-electron chi connectivity index (χ3n) is 4.04. The van der Waals surface area contributed by atoms with Gasteiger partial charge in [0.05, 0.1) is 16.6 Å². The van der Waals surface area contributed by atoms with Crippen LogP contribution in [0.25, 0.3) is 0 Å². The molecule has 22 heavy (non-hydrogen) atoms. The number of alkyl halides is 3. The van der Waals surface area contributed by atoms with Gasteiger partial charge in [-0.15, -0.1) is 0 Å². The summed E-state index contributed by atoms with van der Waals surface area (Å²) in [5, 5.41) is 9.46. The number of benzene rings is 1. The second kappa shape index (κ2) is 6.17. The van der Waals surface area contributed by atoms with Crippen molar-refractivity contribution in [1.29, 1.82) is 0 Å². The minimum Gasteiger partial charge on any atom is -0.393 e. The first-order chi connectivity index (χ1) is 10.1. The average molecular weight is 337 g/mol. The molecule has 0 unspecified atom stereocenters. The minimum atomic E-state index is -4.49. The van der Waals surface area contributed by atoms with Crippen LogP contribution in [0.15, 0.2) is 29.2 Å². The highest BCUT2D eigenvalue weighted by Crippen LogP contribution is 2.31. The van der Waals surface area contributed by atoms with Crippen LogP contribution < -0.4 is 0 Å². The summed E-state index contributed by atoms with van der Waals surface area (Å²) in [4.78, 5) is -0.158. The molecule has 1 aliphatic carbocycles. The van der Waals surface area contributed by atoms with Crippen LogP contribution in [-0.4, -0.2) is 37.0 Å². The Balaban J connectivity index is 2.19. The van der Waals surface area contributed by atoms with E-state index in [-0.39, 0.29) is 10.9 Å². The Kier molecular flexibility index (Phi) is 4.84. The summed E-state index contributed by atoms with van der Waals surface area (Å²) < 4.78 is 63.7. The monoisotopic (exact) mass is 337 g/mol. The van der Waals surface area contributed by atoms with Crippen molar-refractivity contribution in [3.8, 4) is 0 Å². The van der Waals surface area contributed by atoms with Crippen LogP contribution in [0.3, 0.4) is 0 Å². The fraction of sp³-hybridized carbons (Fsp3) is 0.571. The molecule has 0 amide bonds. The van der Waals surface area contributed by atoms with Gasteiger partial charge in [-0.05, 0) is 49.9 Å². The van der Waals surface area contributed by atoms with Crippen LogP contribution in [0, 0.1) is 0 Å². The van der Waals surface area contributed by atoms with Crippen molar-refractivity contribution in [2.24, 2.45) is 0 Å². The van der Waals surface area contributed by atoms with Gasteiger partial charge in [-0.1, -0.05) is 0 Å². The molecule has 0 radical (unpaired) electrons. The Hall–Kier alpha value is -1.12. The van der Waals surface area contributed by atoms with Gasteiger partial charge in [-0.25, -0.2) is 8.42 Å². The van der Waals surface area contributed by atoms with Crippen molar-refractivity contribution >= 4 is 10.0 Å². The van der Waals surface area contributed by atoms with Crippen LogP contribution in [0.5, 0.6) is 0 Å². The molecular weight excluding hydrogens is 319 g/mol. The zero-order valence-electron chi connectivity index (χ0n) is 12.0. The van der Waals surface area contributed by atoms with Gasteiger partial charge in [0.15, 0.2) is 0 Å². The molecule has 1 N–H and O–H groups in total. The molecule has 0 aliphatic heterocycles. The molecule has 0 saturated heterocycles. The van der Waals surface area contributed by atoms with Crippen LogP contribution in [0.1, 0.15) is 31.2 Å². The van der Waals surface area contributed by atoms with Gasteiger partial charge in [0.1, 0.15) is 0 Å². The number of halogens is 3. The molecule has 0 spiro atoms. The molecule has 0 bridgehead atoms. The van der Waals surface area contributed by atoms with Crippen LogP contribution in [0.2, 0.25) is 0 Å². The predicted octanol–water partition coefficient (Wildman–Crippen LogP) is 2.63. The predicted molar refractivity (Wildman–Crippen MR) is 74.7 cm³/mol. The van der Waals surface area contributed by atoms with Crippen molar-refractivity contribution in [3.63, 3.8) is 0 Å². The fourth-order valence-electron chi connectivity index (χ4n) is 2.60. The first-order valence-corrected chi connectivity index (χ1v) is 8.40. The van der Waals surface area contributed by atoms with Gasteiger partial charge in [-0.2, -0.15) is 17.5 Å². The summed E-state index contributed by atoms with van der Waals surface area (Å²) >= 11 is 0. The van der Waals surface area contributed by atoms with Crippen molar-refractivity contribution in [2.75, 3.05) is 7.05 Å². The van der Waals surface area contributed by atoms with Gasteiger partial charge in [0.2, 0.25) is 10.0 Å². The first kappa shape index (κ1) is 17.2. The lowest BCUT2D eigenvalue weighted by Crippen LogP contribution is -2.40. The molecule has 124 valence electrons. The average Bonchev–Trinajstić information content (AvgIpc) is 2.46. The SMILES string of the molecule is CN(C1CCC(O)CC1)S(=O)(=O)c1ccc(C(F)(F)F)cc1. The summed E-state index contributed by atoms with van der Waals surface area (Å²) in [6.07, 6.45) is -2.77. The number of aliphatic hydroxyl groups is 1. The minimum absolute atomic E-state index is 0.158. The van der Waals surface area contributed by atoms with E-state index < -0.39 is 27.9 Å². The smallest absolute Gasteiger partial charge is 0.393 e. The van der Waals surface area contributed by atoms with Crippen molar-refractivity contribution in [3.05, 3.63) is 29.8 Å². The highest BCUT2D eigenvalue weighted by atomic mass is 32.2. The third kappa shape index (κ3) is 3.61. The van der Waals surface area contributed by atoms with E-state index in [2.05, 4.69) is 0 Å². The Morgan fingerprint density at radius 1 is 1.09 bits per heavy atom. The Labute approximate surface area is 127 Å². The van der Waals surface area contributed by atoms with E-state index in [0.29, 0.717) is 25.7 Å². The normalized spacial score (nSPS) is 23.7. The zero-order chi connectivity index (χ0) is 16.5. The maximum absolute atomic E-state index is 12.5. The van der Waals surface area contributed by atoms with Crippen LogP contribution in [0.4, 0.5) is 13.2 Å².